The molecule has 0 unspecified atom stereocenters. The lowest BCUT2D eigenvalue weighted by Crippen LogP contribution is -2.33. The minimum Gasteiger partial charge on any atom is -0.497 e. The molecule has 1 aromatic rings. The van der Waals surface area contributed by atoms with Gasteiger partial charge in [-0.2, -0.15) is 5.10 Å². The highest BCUT2D eigenvalue weighted by atomic mass is 32.1. The van der Waals surface area contributed by atoms with E-state index in [0.717, 1.165) is 36.4 Å². The molecular formula is C15H23N3O2S. The summed E-state index contributed by atoms with van der Waals surface area (Å²) in [6.45, 7) is 4.88. The zero-order valence-electron chi connectivity index (χ0n) is 13.0. The molecule has 0 fully saturated rings. The lowest BCUT2D eigenvalue weighted by molar-refractivity contribution is 0.394. The van der Waals surface area contributed by atoms with E-state index < -0.39 is 0 Å². The monoisotopic (exact) mass is 309 g/mol. The number of hydrazone groups is 1. The molecule has 21 heavy (non-hydrogen) atoms. The predicted molar refractivity (Wildman–Crippen MR) is 90.4 cm³/mol. The van der Waals surface area contributed by atoms with Crippen molar-refractivity contribution >= 4 is 23.0 Å². The first-order chi connectivity index (χ1) is 10.1. The Labute approximate surface area is 131 Å². The summed E-state index contributed by atoms with van der Waals surface area (Å²) in [5.74, 6) is 1.45. The minimum atomic E-state index is 0.523. The molecule has 0 amide bonds. The first-order valence-corrected chi connectivity index (χ1v) is 7.33. The van der Waals surface area contributed by atoms with Gasteiger partial charge in [-0.3, -0.25) is 5.43 Å². The molecule has 5 nitrogen and oxygen atoms in total. The number of hydrogen-bond donors (Lipinski definition) is 2. The van der Waals surface area contributed by atoms with Crippen LogP contribution in [0.15, 0.2) is 23.3 Å². The van der Waals surface area contributed by atoms with E-state index in [9.17, 15) is 0 Å². The van der Waals surface area contributed by atoms with Gasteiger partial charge in [-0.05, 0) is 37.7 Å². The fraction of sp³-hybridized carbons (Fsp3) is 0.467. The molecule has 0 radical (unpaired) electrons. The van der Waals surface area contributed by atoms with Crippen LogP contribution in [0.2, 0.25) is 0 Å². The fourth-order valence-electron chi connectivity index (χ4n) is 1.71. The van der Waals surface area contributed by atoms with Gasteiger partial charge in [0, 0.05) is 18.2 Å². The van der Waals surface area contributed by atoms with Crippen molar-refractivity contribution in [3.05, 3.63) is 23.8 Å². The van der Waals surface area contributed by atoms with Gasteiger partial charge in [-0.25, -0.2) is 0 Å². The Kier molecular flexibility index (Phi) is 7.53. The van der Waals surface area contributed by atoms with Gasteiger partial charge in [-0.1, -0.05) is 13.3 Å². The van der Waals surface area contributed by atoms with Crippen molar-refractivity contribution in [1.82, 2.24) is 10.7 Å². The van der Waals surface area contributed by atoms with E-state index >= 15 is 0 Å². The second kappa shape index (κ2) is 9.18. The average Bonchev–Trinajstić information content (AvgIpc) is 2.52. The first kappa shape index (κ1) is 17.2. The third-order valence-electron chi connectivity index (χ3n) is 2.94. The van der Waals surface area contributed by atoms with Gasteiger partial charge in [0.15, 0.2) is 5.11 Å². The molecule has 2 N–H and O–H groups in total. The van der Waals surface area contributed by atoms with E-state index in [4.69, 9.17) is 21.7 Å². The molecule has 1 rings (SSSR count). The summed E-state index contributed by atoms with van der Waals surface area (Å²) in [5.41, 5.74) is 4.52. The van der Waals surface area contributed by atoms with Gasteiger partial charge in [0.25, 0.3) is 0 Å². The number of ether oxygens (including phenoxy) is 2. The SMILES string of the molecule is CCCCNC(=S)N/N=C(/C)c1ccc(OC)cc1OC. The number of hydrogen-bond acceptors (Lipinski definition) is 4. The Morgan fingerprint density at radius 2 is 2.05 bits per heavy atom. The zero-order valence-corrected chi connectivity index (χ0v) is 13.8. The highest BCUT2D eigenvalue weighted by Gasteiger charge is 2.08. The molecular weight excluding hydrogens is 286 g/mol. The Morgan fingerprint density at radius 3 is 2.67 bits per heavy atom. The van der Waals surface area contributed by atoms with Crippen molar-refractivity contribution in [2.24, 2.45) is 5.10 Å². The van der Waals surface area contributed by atoms with E-state index in [1.165, 1.54) is 0 Å². The van der Waals surface area contributed by atoms with Gasteiger partial charge in [0.1, 0.15) is 11.5 Å². The van der Waals surface area contributed by atoms with Crippen LogP contribution < -0.4 is 20.2 Å². The Balaban J connectivity index is 2.71. The van der Waals surface area contributed by atoms with Crippen molar-refractivity contribution in [2.45, 2.75) is 26.7 Å². The van der Waals surface area contributed by atoms with Crippen LogP contribution in [0.25, 0.3) is 0 Å². The van der Waals surface area contributed by atoms with Crippen molar-refractivity contribution in [1.29, 1.82) is 0 Å². The molecule has 0 atom stereocenters. The topological polar surface area (TPSA) is 54.9 Å². The molecule has 0 saturated heterocycles. The average molecular weight is 309 g/mol. The van der Waals surface area contributed by atoms with Gasteiger partial charge in [0.05, 0.1) is 19.9 Å². The summed E-state index contributed by atoms with van der Waals surface area (Å²) in [5, 5.41) is 7.90. The molecule has 6 heteroatoms. The molecule has 0 spiro atoms. The Bertz CT molecular complexity index is 504. The maximum absolute atomic E-state index is 5.36. The molecule has 0 aliphatic heterocycles. The second-order valence-corrected chi connectivity index (χ2v) is 4.89. The Hall–Kier alpha value is -1.82. The van der Waals surface area contributed by atoms with Crippen LogP contribution in [0.1, 0.15) is 32.3 Å². The third kappa shape index (κ3) is 5.59. The number of thiocarbonyl (C=S) groups is 1. The summed E-state index contributed by atoms with van der Waals surface area (Å²) in [4.78, 5) is 0. The zero-order chi connectivity index (χ0) is 15.7. The normalized spacial score (nSPS) is 11.0. The molecule has 0 saturated carbocycles. The first-order valence-electron chi connectivity index (χ1n) is 6.92. The molecule has 0 aliphatic carbocycles. The molecule has 116 valence electrons. The van der Waals surface area contributed by atoms with Crippen LogP contribution in [0.3, 0.4) is 0 Å². The van der Waals surface area contributed by atoms with Crippen molar-refractivity contribution in [2.75, 3.05) is 20.8 Å². The summed E-state index contributed by atoms with van der Waals surface area (Å²) in [6.07, 6.45) is 2.21. The lowest BCUT2D eigenvalue weighted by atomic mass is 10.1. The summed E-state index contributed by atoms with van der Waals surface area (Å²) in [7, 11) is 3.24. The number of methoxy groups -OCH3 is 2. The van der Waals surface area contributed by atoms with Crippen molar-refractivity contribution in [3.63, 3.8) is 0 Å². The lowest BCUT2D eigenvalue weighted by Gasteiger charge is -2.11. The highest BCUT2D eigenvalue weighted by molar-refractivity contribution is 7.80. The van der Waals surface area contributed by atoms with E-state index in [0.29, 0.717) is 10.9 Å². The molecule has 0 heterocycles. The van der Waals surface area contributed by atoms with Crippen LogP contribution in [-0.4, -0.2) is 31.6 Å². The maximum Gasteiger partial charge on any atom is 0.186 e. The number of rotatable bonds is 7. The number of nitrogens with zero attached hydrogens (tertiary/aromatic N) is 1. The smallest absolute Gasteiger partial charge is 0.186 e. The van der Waals surface area contributed by atoms with E-state index in [1.807, 2.05) is 25.1 Å². The predicted octanol–water partition coefficient (Wildman–Crippen LogP) is 2.69. The molecule has 0 aromatic heterocycles. The van der Waals surface area contributed by atoms with Crippen LogP contribution >= 0.6 is 12.2 Å². The molecule has 1 aromatic carbocycles. The second-order valence-electron chi connectivity index (χ2n) is 4.48. The quantitative estimate of drug-likeness (QED) is 0.351. The standard InChI is InChI=1S/C15H23N3O2S/c1-5-6-9-16-15(21)18-17-11(2)13-8-7-12(19-3)10-14(13)20-4/h7-8,10H,5-6,9H2,1-4H3,(H2,16,18,21)/b17-11-. The number of unbranched alkanes of at least 4 members (excludes halogenated alkanes) is 1. The highest BCUT2D eigenvalue weighted by Crippen LogP contribution is 2.24. The van der Waals surface area contributed by atoms with Gasteiger partial charge < -0.3 is 14.8 Å². The van der Waals surface area contributed by atoms with Crippen LogP contribution in [0.5, 0.6) is 11.5 Å². The van der Waals surface area contributed by atoms with Crippen LogP contribution in [-0.2, 0) is 0 Å². The van der Waals surface area contributed by atoms with Crippen LogP contribution in [0, 0.1) is 0 Å². The van der Waals surface area contributed by atoms with Gasteiger partial charge in [0.2, 0.25) is 0 Å². The fourth-order valence-corrected chi connectivity index (χ4v) is 1.86. The van der Waals surface area contributed by atoms with Crippen molar-refractivity contribution in [3.8, 4) is 11.5 Å². The van der Waals surface area contributed by atoms with Crippen molar-refractivity contribution < 1.29 is 9.47 Å². The summed E-state index contributed by atoms with van der Waals surface area (Å²) < 4.78 is 10.5. The van der Waals surface area contributed by atoms with Gasteiger partial charge in [-0.15, -0.1) is 0 Å². The molecule has 0 aliphatic rings. The number of benzene rings is 1. The number of nitrogens with one attached hydrogen (secondary N) is 2. The summed E-state index contributed by atoms with van der Waals surface area (Å²) >= 11 is 5.16. The van der Waals surface area contributed by atoms with E-state index in [1.54, 1.807) is 14.2 Å². The summed E-state index contributed by atoms with van der Waals surface area (Å²) in [6, 6.07) is 5.60. The largest absolute Gasteiger partial charge is 0.497 e. The maximum atomic E-state index is 5.36. The van der Waals surface area contributed by atoms with E-state index in [2.05, 4.69) is 22.8 Å². The minimum absolute atomic E-state index is 0.523. The van der Waals surface area contributed by atoms with E-state index in [-0.39, 0.29) is 0 Å². The van der Waals surface area contributed by atoms with Crippen LogP contribution in [0.4, 0.5) is 0 Å². The molecule has 0 bridgehead atoms. The third-order valence-corrected chi connectivity index (χ3v) is 3.18. The van der Waals surface area contributed by atoms with Gasteiger partial charge >= 0.3 is 0 Å². The Morgan fingerprint density at radius 1 is 1.29 bits per heavy atom.